The standard InChI is InChI=1S/C13H27NO/c1-10(2)13(9-14-4)15-12-7-5-6-11(3)8-12/h10-14H,5-9H2,1-4H3. The van der Waals surface area contributed by atoms with Crippen LogP contribution in [0.4, 0.5) is 0 Å². The molecule has 0 heterocycles. The molecule has 0 aromatic heterocycles. The first kappa shape index (κ1) is 13.0. The minimum absolute atomic E-state index is 0.380. The molecule has 2 nitrogen and oxygen atoms in total. The molecule has 0 aliphatic heterocycles. The molecule has 1 fully saturated rings. The van der Waals surface area contributed by atoms with Crippen LogP contribution in [-0.2, 0) is 4.74 Å². The van der Waals surface area contributed by atoms with Crippen LogP contribution in [0, 0.1) is 11.8 Å². The predicted molar refractivity (Wildman–Crippen MR) is 65.1 cm³/mol. The molecule has 1 aliphatic rings. The highest BCUT2D eigenvalue weighted by atomic mass is 16.5. The van der Waals surface area contributed by atoms with E-state index in [1.807, 2.05) is 7.05 Å². The first-order valence-electron chi connectivity index (χ1n) is 6.43. The zero-order valence-electron chi connectivity index (χ0n) is 10.8. The first-order valence-corrected chi connectivity index (χ1v) is 6.43. The van der Waals surface area contributed by atoms with E-state index >= 15 is 0 Å². The van der Waals surface area contributed by atoms with E-state index < -0.39 is 0 Å². The van der Waals surface area contributed by atoms with E-state index in [1.54, 1.807) is 0 Å². The van der Waals surface area contributed by atoms with Crippen LogP contribution in [0.15, 0.2) is 0 Å². The highest BCUT2D eigenvalue weighted by Crippen LogP contribution is 2.27. The summed E-state index contributed by atoms with van der Waals surface area (Å²) in [6.45, 7) is 7.81. The molecule has 0 amide bonds. The van der Waals surface area contributed by atoms with Gasteiger partial charge in [-0.2, -0.15) is 0 Å². The van der Waals surface area contributed by atoms with Crippen molar-refractivity contribution in [2.75, 3.05) is 13.6 Å². The Morgan fingerprint density at radius 2 is 2.07 bits per heavy atom. The zero-order chi connectivity index (χ0) is 11.3. The lowest BCUT2D eigenvalue weighted by Crippen LogP contribution is -2.36. The van der Waals surface area contributed by atoms with Crippen molar-refractivity contribution in [3.05, 3.63) is 0 Å². The van der Waals surface area contributed by atoms with E-state index in [-0.39, 0.29) is 0 Å². The Morgan fingerprint density at radius 1 is 1.33 bits per heavy atom. The lowest BCUT2D eigenvalue weighted by Gasteiger charge is -2.32. The molecule has 1 aliphatic carbocycles. The molecule has 3 atom stereocenters. The Balaban J connectivity index is 2.35. The van der Waals surface area contributed by atoms with Crippen molar-refractivity contribution in [1.29, 1.82) is 0 Å². The van der Waals surface area contributed by atoms with E-state index in [0.29, 0.717) is 18.1 Å². The monoisotopic (exact) mass is 213 g/mol. The molecule has 3 unspecified atom stereocenters. The average Bonchev–Trinajstić information content (AvgIpc) is 2.17. The van der Waals surface area contributed by atoms with Crippen molar-refractivity contribution in [3.8, 4) is 0 Å². The minimum atomic E-state index is 0.380. The number of hydrogen-bond acceptors (Lipinski definition) is 2. The fraction of sp³-hybridized carbons (Fsp3) is 1.00. The largest absolute Gasteiger partial charge is 0.373 e. The van der Waals surface area contributed by atoms with Gasteiger partial charge in [0.15, 0.2) is 0 Å². The van der Waals surface area contributed by atoms with Gasteiger partial charge in [-0.1, -0.05) is 33.6 Å². The molecule has 0 aromatic rings. The number of likely N-dealkylation sites (N-methyl/N-ethyl adjacent to an activating group) is 1. The molecule has 0 saturated heterocycles. The van der Waals surface area contributed by atoms with E-state index in [4.69, 9.17) is 4.74 Å². The van der Waals surface area contributed by atoms with Gasteiger partial charge >= 0.3 is 0 Å². The Labute approximate surface area is 94.8 Å². The second-order valence-corrected chi connectivity index (χ2v) is 5.37. The van der Waals surface area contributed by atoms with Gasteiger partial charge in [0, 0.05) is 6.54 Å². The van der Waals surface area contributed by atoms with Crippen LogP contribution in [-0.4, -0.2) is 25.8 Å². The maximum absolute atomic E-state index is 6.20. The molecule has 1 N–H and O–H groups in total. The molecule has 0 aromatic carbocycles. The highest BCUT2D eigenvalue weighted by Gasteiger charge is 2.23. The van der Waals surface area contributed by atoms with Crippen LogP contribution in [0.2, 0.25) is 0 Å². The molecular weight excluding hydrogens is 186 g/mol. The topological polar surface area (TPSA) is 21.3 Å². The van der Waals surface area contributed by atoms with Gasteiger partial charge in [0.25, 0.3) is 0 Å². The SMILES string of the molecule is CNCC(OC1CCCC(C)C1)C(C)C. The molecule has 90 valence electrons. The van der Waals surface area contributed by atoms with Crippen molar-refractivity contribution >= 4 is 0 Å². The zero-order valence-corrected chi connectivity index (χ0v) is 10.8. The summed E-state index contributed by atoms with van der Waals surface area (Å²) < 4.78 is 6.20. The molecule has 15 heavy (non-hydrogen) atoms. The van der Waals surface area contributed by atoms with E-state index in [9.17, 15) is 0 Å². The summed E-state index contributed by atoms with van der Waals surface area (Å²) >= 11 is 0. The van der Waals surface area contributed by atoms with E-state index in [0.717, 1.165) is 12.5 Å². The summed E-state index contributed by atoms with van der Waals surface area (Å²) in [5.74, 6) is 1.46. The predicted octanol–water partition coefficient (Wildman–Crippen LogP) is 2.83. The van der Waals surface area contributed by atoms with Crippen molar-refractivity contribution in [2.45, 2.75) is 58.7 Å². The van der Waals surface area contributed by atoms with Crippen molar-refractivity contribution < 1.29 is 4.74 Å². The van der Waals surface area contributed by atoms with Gasteiger partial charge in [-0.3, -0.25) is 0 Å². The molecular formula is C13H27NO. The molecule has 1 rings (SSSR count). The van der Waals surface area contributed by atoms with E-state index in [1.165, 1.54) is 25.7 Å². The van der Waals surface area contributed by atoms with Crippen LogP contribution >= 0.6 is 0 Å². The smallest absolute Gasteiger partial charge is 0.0725 e. The Hall–Kier alpha value is -0.0800. The third-order valence-electron chi connectivity index (χ3n) is 3.40. The van der Waals surface area contributed by atoms with Gasteiger partial charge in [-0.25, -0.2) is 0 Å². The second kappa shape index (κ2) is 6.49. The summed E-state index contributed by atoms with van der Waals surface area (Å²) in [4.78, 5) is 0. The summed E-state index contributed by atoms with van der Waals surface area (Å²) in [7, 11) is 2.00. The van der Waals surface area contributed by atoms with Gasteiger partial charge in [-0.05, 0) is 31.7 Å². The lowest BCUT2D eigenvalue weighted by molar-refractivity contribution is -0.0563. The van der Waals surface area contributed by atoms with Gasteiger partial charge in [0.1, 0.15) is 0 Å². The van der Waals surface area contributed by atoms with Crippen LogP contribution in [0.25, 0.3) is 0 Å². The maximum Gasteiger partial charge on any atom is 0.0725 e. The summed E-state index contributed by atoms with van der Waals surface area (Å²) in [6.07, 6.45) is 6.14. The van der Waals surface area contributed by atoms with Gasteiger partial charge in [-0.15, -0.1) is 0 Å². The Morgan fingerprint density at radius 3 is 2.60 bits per heavy atom. The third-order valence-corrected chi connectivity index (χ3v) is 3.40. The number of rotatable bonds is 5. The third kappa shape index (κ3) is 4.52. The maximum atomic E-state index is 6.20. The van der Waals surface area contributed by atoms with Gasteiger partial charge in [0.2, 0.25) is 0 Å². The Kier molecular flexibility index (Phi) is 5.62. The molecule has 0 bridgehead atoms. The lowest BCUT2D eigenvalue weighted by atomic mass is 9.88. The highest BCUT2D eigenvalue weighted by molar-refractivity contribution is 4.74. The van der Waals surface area contributed by atoms with Crippen LogP contribution in [0.1, 0.15) is 46.5 Å². The quantitative estimate of drug-likeness (QED) is 0.758. The van der Waals surface area contributed by atoms with Crippen molar-refractivity contribution in [3.63, 3.8) is 0 Å². The summed E-state index contributed by atoms with van der Waals surface area (Å²) in [5.41, 5.74) is 0. The Bertz CT molecular complexity index is 170. The van der Waals surface area contributed by atoms with Gasteiger partial charge < -0.3 is 10.1 Å². The summed E-state index contributed by atoms with van der Waals surface area (Å²) in [6, 6.07) is 0. The fourth-order valence-electron chi connectivity index (χ4n) is 2.39. The van der Waals surface area contributed by atoms with Crippen molar-refractivity contribution in [2.24, 2.45) is 11.8 Å². The normalized spacial score (nSPS) is 29.4. The number of ether oxygens (including phenoxy) is 1. The minimum Gasteiger partial charge on any atom is -0.373 e. The molecule has 2 heteroatoms. The molecule has 0 radical (unpaired) electrons. The van der Waals surface area contributed by atoms with Crippen molar-refractivity contribution in [1.82, 2.24) is 5.32 Å². The molecule has 1 saturated carbocycles. The second-order valence-electron chi connectivity index (χ2n) is 5.37. The molecule has 0 spiro atoms. The summed E-state index contributed by atoms with van der Waals surface area (Å²) in [5, 5.41) is 3.22. The van der Waals surface area contributed by atoms with Gasteiger partial charge in [0.05, 0.1) is 12.2 Å². The average molecular weight is 213 g/mol. The number of hydrogen-bond donors (Lipinski definition) is 1. The van der Waals surface area contributed by atoms with Crippen LogP contribution < -0.4 is 5.32 Å². The fourth-order valence-corrected chi connectivity index (χ4v) is 2.39. The first-order chi connectivity index (χ1) is 7.13. The van der Waals surface area contributed by atoms with E-state index in [2.05, 4.69) is 26.1 Å². The van der Waals surface area contributed by atoms with Crippen LogP contribution in [0.5, 0.6) is 0 Å². The number of nitrogens with one attached hydrogen (secondary N) is 1. The van der Waals surface area contributed by atoms with Crippen LogP contribution in [0.3, 0.4) is 0 Å².